The van der Waals surface area contributed by atoms with Crippen LogP contribution in [0.1, 0.15) is 92.2 Å². The van der Waals surface area contributed by atoms with E-state index in [1.807, 2.05) is 32.2 Å². The Morgan fingerprint density at radius 1 is 1.00 bits per heavy atom. The average molecular weight is 710 g/mol. The monoisotopic (exact) mass is 709 g/mol. The van der Waals surface area contributed by atoms with Gasteiger partial charge in [-0.15, -0.1) is 0 Å². The van der Waals surface area contributed by atoms with Crippen LogP contribution in [0.2, 0.25) is 0 Å². The number of carbonyl (C=O) groups is 1. The summed E-state index contributed by atoms with van der Waals surface area (Å²) in [5, 5.41) is 22.1. The topological polar surface area (TPSA) is 102 Å². The highest BCUT2D eigenvalue weighted by Gasteiger charge is 2.31. The molecule has 0 radical (unpaired) electrons. The fourth-order valence-electron chi connectivity index (χ4n) is 7.07. The number of halogens is 1. The number of carboxylic acids is 1. The van der Waals surface area contributed by atoms with Crippen LogP contribution in [0.25, 0.3) is 11.1 Å². The molecule has 4 heterocycles. The maximum absolute atomic E-state index is 13.7. The van der Waals surface area contributed by atoms with Gasteiger partial charge in [-0.2, -0.15) is 0 Å². The number of benzene rings is 2. The number of anilines is 1. The molecule has 8 nitrogen and oxygen atoms in total. The van der Waals surface area contributed by atoms with Crippen LogP contribution in [0.4, 0.5) is 10.1 Å². The lowest BCUT2D eigenvalue weighted by Crippen LogP contribution is -2.38. The van der Waals surface area contributed by atoms with E-state index >= 15 is 0 Å². The lowest BCUT2D eigenvalue weighted by atomic mass is 9.81. The first-order valence-corrected chi connectivity index (χ1v) is 18.5. The number of aryl methyl sites for hydroxylation is 2. The van der Waals surface area contributed by atoms with Crippen LogP contribution in [-0.4, -0.2) is 56.3 Å². The van der Waals surface area contributed by atoms with E-state index in [1.54, 1.807) is 39.1 Å². The highest BCUT2D eigenvalue weighted by molar-refractivity contribution is 5.87. The van der Waals surface area contributed by atoms with Crippen molar-refractivity contribution in [1.82, 2.24) is 20.2 Å². The fourth-order valence-corrected chi connectivity index (χ4v) is 7.07. The molecule has 6 rings (SSSR count). The number of nitrogens with zero attached hydrogens (tertiary/aromatic N) is 4. The number of piperidine rings is 1. The van der Waals surface area contributed by atoms with Gasteiger partial charge in [-0.25, -0.2) is 4.39 Å². The van der Waals surface area contributed by atoms with Crippen LogP contribution in [0.5, 0.6) is 0 Å². The molecule has 2 aliphatic heterocycles. The van der Waals surface area contributed by atoms with Crippen molar-refractivity contribution in [2.75, 3.05) is 24.5 Å². The first-order chi connectivity index (χ1) is 24.6. The summed E-state index contributed by atoms with van der Waals surface area (Å²) in [6, 6.07) is 15.8. The summed E-state index contributed by atoms with van der Waals surface area (Å²) >= 11 is 0. The molecule has 2 aliphatic rings. The summed E-state index contributed by atoms with van der Waals surface area (Å²) in [4.78, 5) is 26.4. The van der Waals surface area contributed by atoms with Gasteiger partial charge >= 0.3 is 5.97 Å². The van der Waals surface area contributed by atoms with Gasteiger partial charge in [-0.1, -0.05) is 44.2 Å². The third-order valence-corrected chi connectivity index (χ3v) is 9.94. The van der Waals surface area contributed by atoms with Crippen molar-refractivity contribution in [3.05, 3.63) is 112 Å². The normalized spacial score (nSPS) is 15.8. The van der Waals surface area contributed by atoms with Crippen LogP contribution in [0.15, 0.2) is 60.9 Å². The Kier molecular flexibility index (Phi) is 12.5. The Balaban J connectivity index is 0.000000979. The largest absolute Gasteiger partial charge is 0.481 e. The predicted octanol–water partition coefficient (Wildman–Crippen LogP) is 7.78. The van der Waals surface area contributed by atoms with Gasteiger partial charge in [0.1, 0.15) is 5.82 Å². The molecule has 1 saturated heterocycles. The average Bonchev–Trinajstić information content (AvgIpc) is 3.06. The number of pyridine rings is 2. The van der Waals surface area contributed by atoms with E-state index in [4.69, 9.17) is 10.1 Å². The SMILES string of the molecule is CC(C)(C)O.Cc1cc(F)ccc1CN1CCc2cc(-c3c(CNCc4cccnc4)nc(C)c(CC(=O)O)c3N3CCC(C)(C)CC3)ccc2C1. The maximum Gasteiger partial charge on any atom is 0.307 e. The second kappa shape index (κ2) is 16.7. The van der Waals surface area contributed by atoms with E-state index in [9.17, 15) is 14.3 Å². The number of carboxylic acid groups (broad SMARTS) is 1. The van der Waals surface area contributed by atoms with Crippen molar-refractivity contribution < 1.29 is 19.4 Å². The third kappa shape index (κ3) is 10.7. The summed E-state index contributed by atoms with van der Waals surface area (Å²) in [6.45, 7) is 19.3. The zero-order chi connectivity index (χ0) is 37.6. The molecule has 0 aliphatic carbocycles. The summed E-state index contributed by atoms with van der Waals surface area (Å²) < 4.78 is 13.7. The van der Waals surface area contributed by atoms with Gasteiger partial charge in [0.2, 0.25) is 0 Å². The molecule has 52 heavy (non-hydrogen) atoms. The molecule has 2 aromatic carbocycles. The van der Waals surface area contributed by atoms with Crippen molar-refractivity contribution in [1.29, 1.82) is 0 Å². The second-order valence-electron chi connectivity index (χ2n) is 16.2. The Morgan fingerprint density at radius 2 is 1.73 bits per heavy atom. The number of aliphatic hydroxyl groups is 1. The Bertz CT molecular complexity index is 1840. The zero-order valence-electron chi connectivity index (χ0n) is 32.0. The quantitative estimate of drug-likeness (QED) is 0.154. The summed E-state index contributed by atoms with van der Waals surface area (Å²) in [5.74, 6) is -1.04. The van der Waals surface area contributed by atoms with E-state index in [0.29, 0.717) is 13.1 Å². The van der Waals surface area contributed by atoms with Crippen molar-refractivity contribution >= 4 is 11.7 Å². The maximum atomic E-state index is 13.7. The Labute approximate surface area is 309 Å². The van der Waals surface area contributed by atoms with Crippen LogP contribution >= 0.6 is 0 Å². The molecule has 1 fully saturated rings. The summed E-state index contributed by atoms with van der Waals surface area (Å²) in [6.07, 6.45) is 6.58. The predicted molar refractivity (Wildman–Crippen MR) is 207 cm³/mol. The summed E-state index contributed by atoms with van der Waals surface area (Å²) in [7, 11) is 0. The zero-order valence-corrected chi connectivity index (χ0v) is 32.0. The minimum Gasteiger partial charge on any atom is -0.481 e. The van der Waals surface area contributed by atoms with Gasteiger partial charge < -0.3 is 20.4 Å². The van der Waals surface area contributed by atoms with Gasteiger partial charge in [0.15, 0.2) is 0 Å². The number of hydrogen-bond acceptors (Lipinski definition) is 7. The molecular weight excluding hydrogens is 654 g/mol. The van der Waals surface area contributed by atoms with E-state index in [0.717, 1.165) is 102 Å². The molecule has 3 N–H and O–H groups in total. The van der Waals surface area contributed by atoms with Gasteiger partial charge in [-0.05, 0) is 111 Å². The third-order valence-electron chi connectivity index (χ3n) is 9.94. The lowest BCUT2D eigenvalue weighted by molar-refractivity contribution is -0.136. The number of aliphatic carboxylic acids is 1. The van der Waals surface area contributed by atoms with Crippen molar-refractivity contribution in [3.63, 3.8) is 0 Å². The molecule has 0 spiro atoms. The molecule has 0 amide bonds. The smallest absolute Gasteiger partial charge is 0.307 e. The summed E-state index contributed by atoms with van der Waals surface area (Å²) in [5.41, 5.74) is 11.3. The molecule has 4 aromatic rings. The van der Waals surface area contributed by atoms with Crippen molar-refractivity contribution in [2.24, 2.45) is 5.41 Å². The molecule has 2 aromatic heterocycles. The fraction of sp³-hybridized carbons (Fsp3) is 0.465. The molecule has 278 valence electrons. The van der Waals surface area contributed by atoms with E-state index in [-0.39, 0.29) is 17.7 Å². The minimum absolute atomic E-state index is 0.0623. The first kappa shape index (κ1) is 39.0. The molecule has 0 saturated carbocycles. The van der Waals surface area contributed by atoms with E-state index < -0.39 is 11.6 Å². The Morgan fingerprint density at radius 3 is 2.38 bits per heavy atom. The molecule has 0 unspecified atom stereocenters. The van der Waals surface area contributed by atoms with Gasteiger partial charge in [-0.3, -0.25) is 19.7 Å². The van der Waals surface area contributed by atoms with Gasteiger partial charge in [0.25, 0.3) is 0 Å². The van der Waals surface area contributed by atoms with Crippen LogP contribution in [0, 0.1) is 25.1 Å². The standard InChI is InChI=1S/C39H46FN5O2.C4H10O/c1-26-18-33(40)10-9-31(26)24-44-15-11-29-19-30(7-8-32(29)25-44)37-35(23-42-22-28-6-5-14-41-21-28)43-27(2)34(20-36(46)47)38(37)45-16-12-39(3,4)13-17-45;1-4(2,3)5/h5-10,14,18-19,21,42H,11-13,15-17,20,22-25H2,1-4H3,(H,46,47);5H,1-3H3. The number of fused-ring (bicyclic) bond motifs is 1. The van der Waals surface area contributed by atoms with Crippen molar-refractivity contribution in [3.8, 4) is 11.1 Å². The lowest BCUT2D eigenvalue weighted by Gasteiger charge is -2.40. The second-order valence-corrected chi connectivity index (χ2v) is 16.2. The highest BCUT2D eigenvalue weighted by Crippen LogP contribution is 2.42. The van der Waals surface area contributed by atoms with Gasteiger partial charge in [0.05, 0.1) is 23.4 Å². The molecule has 0 atom stereocenters. The van der Waals surface area contributed by atoms with E-state index in [1.165, 1.54) is 11.1 Å². The van der Waals surface area contributed by atoms with E-state index in [2.05, 4.69) is 58.2 Å². The number of hydrogen-bond donors (Lipinski definition) is 3. The van der Waals surface area contributed by atoms with Crippen LogP contribution in [-0.2, 0) is 43.8 Å². The first-order valence-electron chi connectivity index (χ1n) is 18.5. The minimum atomic E-state index is -0.844. The van der Waals surface area contributed by atoms with Crippen LogP contribution < -0.4 is 10.2 Å². The number of aromatic nitrogens is 2. The number of rotatable bonds is 10. The molecule has 0 bridgehead atoms. The highest BCUT2D eigenvalue weighted by atomic mass is 19.1. The number of nitrogens with one attached hydrogen (secondary N) is 1. The van der Waals surface area contributed by atoms with Crippen molar-refractivity contribution in [2.45, 2.75) is 106 Å². The molecule has 9 heteroatoms. The van der Waals surface area contributed by atoms with Crippen LogP contribution in [0.3, 0.4) is 0 Å². The van der Waals surface area contributed by atoms with Gasteiger partial charge in [0, 0.05) is 75.0 Å². The Hall–Kier alpha value is -4.18. The molecular formula is C43H56FN5O3.